The van der Waals surface area contributed by atoms with E-state index in [1.807, 2.05) is 19.2 Å². The number of halogens is 1. The highest BCUT2D eigenvalue weighted by atomic mass is 79.9. The average Bonchev–Trinajstić information content (AvgIpc) is 2.84. The molecular weight excluding hydrogens is 274 g/mol. The Balaban J connectivity index is 2.12. The van der Waals surface area contributed by atoms with Gasteiger partial charge >= 0.3 is 0 Å². The number of tetrazole rings is 1. The van der Waals surface area contributed by atoms with Crippen molar-refractivity contribution in [3.05, 3.63) is 28.4 Å². The summed E-state index contributed by atoms with van der Waals surface area (Å²) in [5.74, 6) is 1.54. The average molecular weight is 286 g/mol. The van der Waals surface area contributed by atoms with E-state index >= 15 is 0 Å². The van der Waals surface area contributed by atoms with E-state index < -0.39 is 0 Å². The molecule has 1 atom stereocenters. The number of rotatable bonds is 4. The van der Waals surface area contributed by atoms with Gasteiger partial charge < -0.3 is 9.73 Å². The lowest BCUT2D eigenvalue weighted by molar-refractivity contribution is 0.412. The van der Waals surface area contributed by atoms with Gasteiger partial charge in [0.1, 0.15) is 5.76 Å². The van der Waals surface area contributed by atoms with E-state index in [-0.39, 0.29) is 6.04 Å². The first kappa shape index (κ1) is 11.3. The Morgan fingerprint density at radius 1 is 1.56 bits per heavy atom. The SMILES string of the molecule is CNC(Cc1nnn(C)n1)c1ccc(Br)o1. The van der Waals surface area contributed by atoms with Gasteiger partial charge in [-0.25, -0.2) is 0 Å². The lowest BCUT2D eigenvalue weighted by atomic mass is 10.1. The van der Waals surface area contributed by atoms with Crippen LogP contribution in [0.2, 0.25) is 0 Å². The Labute approximate surface area is 101 Å². The number of nitrogens with one attached hydrogen (secondary N) is 1. The van der Waals surface area contributed by atoms with Crippen LogP contribution in [0.5, 0.6) is 0 Å². The molecule has 0 bridgehead atoms. The van der Waals surface area contributed by atoms with Crippen LogP contribution in [0.1, 0.15) is 17.6 Å². The van der Waals surface area contributed by atoms with Gasteiger partial charge in [-0.2, -0.15) is 4.80 Å². The molecule has 0 saturated heterocycles. The van der Waals surface area contributed by atoms with Crippen LogP contribution in [0, 0.1) is 0 Å². The van der Waals surface area contributed by atoms with E-state index in [9.17, 15) is 0 Å². The highest BCUT2D eigenvalue weighted by Gasteiger charge is 2.16. The molecule has 6 nitrogen and oxygen atoms in total. The van der Waals surface area contributed by atoms with Crippen LogP contribution in [0.4, 0.5) is 0 Å². The van der Waals surface area contributed by atoms with E-state index in [1.54, 1.807) is 7.05 Å². The maximum Gasteiger partial charge on any atom is 0.176 e. The van der Waals surface area contributed by atoms with Crippen LogP contribution in [-0.4, -0.2) is 27.3 Å². The van der Waals surface area contributed by atoms with Crippen LogP contribution in [-0.2, 0) is 13.5 Å². The number of nitrogens with zero attached hydrogens (tertiary/aromatic N) is 4. The zero-order valence-electron chi connectivity index (χ0n) is 9.01. The summed E-state index contributed by atoms with van der Waals surface area (Å²) < 4.78 is 6.20. The quantitative estimate of drug-likeness (QED) is 0.910. The molecule has 0 saturated carbocycles. The van der Waals surface area contributed by atoms with Crippen LogP contribution >= 0.6 is 15.9 Å². The Morgan fingerprint density at radius 2 is 2.38 bits per heavy atom. The van der Waals surface area contributed by atoms with Gasteiger partial charge in [-0.05, 0) is 40.3 Å². The van der Waals surface area contributed by atoms with Crippen LogP contribution in [0.15, 0.2) is 21.2 Å². The minimum atomic E-state index is 0.0514. The van der Waals surface area contributed by atoms with Crippen molar-refractivity contribution in [1.29, 1.82) is 0 Å². The zero-order chi connectivity index (χ0) is 11.5. The number of furan rings is 1. The molecule has 0 amide bonds. The smallest absolute Gasteiger partial charge is 0.176 e. The fourth-order valence-electron chi connectivity index (χ4n) is 1.45. The molecule has 2 aromatic rings. The van der Waals surface area contributed by atoms with E-state index in [0.717, 1.165) is 10.4 Å². The molecule has 1 unspecified atom stereocenters. The predicted molar refractivity (Wildman–Crippen MR) is 60.7 cm³/mol. The number of aryl methyl sites for hydroxylation is 1. The van der Waals surface area contributed by atoms with Crippen molar-refractivity contribution in [2.24, 2.45) is 7.05 Å². The van der Waals surface area contributed by atoms with Gasteiger partial charge in [0.25, 0.3) is 0 Å². The molecule has 2 rings (SSSR count). The van der Waals surface area contributed by atoms with Gasteiger partial charge in [-0.15, -0.1) is 10.2 Å². The van der Waals surface area contributed by atoms with Gasteiger partial charge in [0.05, 0.1) is 13.1 Å². The molecule has 0 spiro atoms. The zero-order valence-corrected chi connectivity index (χ0v) is 10.6. The fourth-order valence-corrected chi connectivity index (χ4v) is 1.77. The van der Waals surface area contributed by atoms with Crippen molar-refractivity contribution >= 4 is 15.9 Å². The summed E-state index contributed by atoms with van der Waals surface area (Å²) in [6, 6.07) is 3.83. The molecule has 0 fully saturated rings. The Bertz CT molecular complexity index is 466. The van der Waals surface area contributed by atoms with Crippen molar-refractivity contribution in [3.63, 3.8) is 0 Å². The summed E-state index contributed by atoms with van der Waals surface area (Å²) in [5.41, 5.74) is 0. The predicted octanol–water partition coefficient (Wildman–Crippen LogP) is 1.07. The van der Waals surface area contributed by atoms with Crippen molar-refractivity contribution in [2.75, 3.05) is 7.05 Å². The van der Waals surface area contributed by atoms with Crippen molar-refractivity contribution in [1.82, 2.24) is 25.5 Å². The second-order valence-corrected chi connectivity index (χ2v) is 4.16. The maximum absolute atomic E-state index is 5.49. The fraction of sp³-hybridized carbons (Fsp3) is 0.444. The standard InChI is InChI=1S/C9H12BrN5O/c1-11-6(7-3-4-8(10)16-7)5-9-12-14-15(2)13-9/h3-4,6,11H,5H2,1-2H3. The Morgan fingerprint density at radius 3 is 2.88 bits per heavy atom. The van der Waals surface area contributed by atoms with Crippen molar-refractivity contribution < 1.29 is 4.42 Å². The summed E-state index contributed by atoms with van der Waals surface area (Å²) in [6.07, 6.45) is 0.643. The number of likely N-dealkylation sites (N-methyl/N-ethyl adjacent to an activating group) is 1. The lowest BCUT2D eigenvalue weighted by Crippen LogP contribution is -2.19. The molecule has 86 valence electrons. The second kappa shape index (κ2) is 4.75. The second-order valence-electron chi connectivity index (χ2n) is 3.38. The molecule has 2 aromatic heterocycles. The first-order chi connectivity index (χ1) is 7.69. The third-order valence-corrected chi connectivity index (χ3v) is 2.65. The highest BCUT2D eigenvalue weighted by molar-refractivity contribution is 9.10. The van der Waals surface area contributed by atoms with Crippen LogP contribution in [0.3, 0.4) is 0 Å². The van der Waals surface area contributed by atoms with Crippen molar-refractivity contribution in [3.8, 4) is 0 Å². The highest BCUT2D eigenvalue weighted by Crippen LogP contribution is 2.22. The number of hydrogen-bond donors (Lipinski definition) is 1. The molecule has 2 heterocycles. The minimum absolute atomic E-state index is 0.0514. The van der Waals surface area contributed by atoms with Crippen LogP contribution in [0.25, 0.3) is 0 Å². The summed E-state index contributed by atoms with van der Waals surface area (Å²) in [7, 11) is 3.62. The minimum Gasteiger partial charge on any atom is -0.453 e. The van der Waals surface area contributed by atoms with E-state index in [1.165, 1.54) is 4.80 Å². The van der Waals surface area contributed by atoms with Gasteiger partial charge in [0.2, 0.25) is 0 Å². The molecule has 0 radical (unpaired) electrons. The maximum atomic E-state index is 5.49. The monoisotopic (exact) mass is 285 g/mol. The molecule has 0 aliphatic rings. The van der Waals surface area contributed by atoms with E-state index in [0.29, 0.717) is 12.2 Å². The summed E-state index contributed by atoms with van der Waals surface area (Å²) in [6.45, 7) is 0. The molecule has 0 aliphatic heterocycles. The molecular formula is C9H12BrN5O. The third-order valence-electron chi connectivity index (χ3n) is 2.22. The normalized spacial score (nSPS) is 12.9. The summed E-state index contributed by atoms with van der Waals surface area (Å²) in [5, 5.41) is 15.0. The molecule has 0 aliphatic carbocycles. The van der Waals surface area contributed by atoms with Crippen molar-refractivity contribution in [2.45, 2.75) is 12.5 Å². The van der Waals surface area contributed by atoms with Crippen LogP contribution < -0.4 is 5.32 Å². The lowest BCUT2D eigenvalue weighted by Gasteiger charge is -2.10. The first-order valence-corrected chi connectivity index (χ1v) is 5.63. The first-order valence-electron chi connectivity index (χ1n) is 4.84. The van der Waals surface area contributed by atoms with Gasteiger partial charge in [-0.3, -0.25) is 0 Å². The molecule has 16 heavy (non-hydrogen) atoms. The molecule has 1 N–H and O–H groups in total. The third kappa shape index (κ3) is 2.48. The molecule has 7 heteroatoms. The number of hydrogen-bond acceptors (Lipinski definition) is 5. The van der Waals surface area contributed by atoms with Gasteiger partial charge in [0, 0.05) is 6.42 Å². The largest absolute Gasteiger partial charge is 0.453 e. The topological polar surface area (TPSA) is 68.8 Å². The van der Waals surface area contributed by atoms with E-state index in [4.69, 9.17) is 4.42 Å². The molecule has 0 aromatic carbocycles. The summed E-state index contributed by atoms with van der Waals surface area (Å²) in [4.78, 5) is 1.44. The van der Waals surface area contributed by atoms with Gasteiger partial charge in [0.15, 0.2) is 10.5 Å². The summed E-state index contributed by atoms with van der Waals surface area (Å²) >= 11 is 3.28. The Kier molecular flexibility index (Phi) is 3.35. The van der Waals surface area contributed by atoms with E-state index in [2.05, 4.69) is 36.7 Å². The number of aromatic nitrogens is 4. The van der Waals surface area contributed by atoms with Gasteiger partial charge in [-0.1, -0.05) is 0 Å². The Hall–Kier alpha value is -1.21.